The molecule has 37 heavy (non-hydrogen) atoms. The number of rotatable bonds is 13. The van der Waals surface area contributed by atoms with Gasteiger partial charge in [-0.1, -0.05) is 56.3 Å². The Morgan fingerprint density at radius 3 is 2.00 bits per heavy atom. The number of methoxy groups -OCH3 is 2. The third-order valence-corrected chi connectivity index (χ3v) is 6.68. The van der Waals surface area contributed by atoms with E-state index < -0.39 is 0 Å². The maximum atomic E-state index is 13.0. The highest BCUT2D eigenvalue weighted by atomic mass is 16.5. The van der Waals surface area contributed by atoms with Crippen molar-refractivity contribution in [1.29, 1.82) is 0 Å². The third-order valence-electron chi connectivity index (χ3n) is 6.68. The van der Waals surface area contributed by atoms with E-state index in [1.165, 1.54) is 0 Å². The molecule has 0 spiro atoms. The van der Waals surface area contributed by atoms with Crippen LogP contribution in [0.2, 0.25) is 0 Å². The first-order chi connectivity index (χ1) is 17.8. The third kappa shape index (κ3) is 8.01. The van der Waals surface area contributed by atoms with Gasteiger partial charge in [-0.2, -0.15) is 0 Å². The number of ether oxygens (including phenoxy) is 3. The van der Waals surface area contributed by atoms with Crippen molar-refractivity contribution in [2.75, 3.05) is 20.8 Å². The second kappa shape index (κ2) is 13.7. The predicted molar refractivity (Wildman–Crippen MR) is 150 cm³/mol. The van der Waals surface area contributed by atoms with Gasteiger partial charge in [-0.15, -0.1) is 0 Å². The molecule has 0 unspecified atom stereocenters. The second-order valence-corrected chi connectivity index (χ2v) is 10.00. The van der Waals surface area contributed by atoms with E-state index in [1.807, 2.05) is 56.3 Å². The van der Waals surface area contributed by atoms with Crippen molar-refractivity contribution >= 4 is 5.91 Å². The van der Waals surface area contributed by atoms with E-state index in [0.29, 0.717) is 18.9 Å². The zero-order valence-corrected chi connectivity index (χ0v) is 23.0. The molecule has 0 saturated carbocycles. The number of benzene rings is 3. The molecule has 5 heteroatoms. The van der Waals surface area contributed by atoms with Crippen LogP contribution >= 0.6 is 0 Å². The van der Waals surface area contributed by atoms with Gasteiger partial charge in [-0.05, 0) is 73.6 Å². The summed E-state index contributed by atoms with van der Waals surface area (Å²) in [6.45, 7) is 8.93. The van der Waals surface area contributed by atoms with Crippen molar-refractivity contribution in [2.45, 2.75) is 58.5 Å². The van der Waals surface area contributed by atoms with E-state index in [9.17, 15) is 4.79 Å². The largest absolute Gasteiger partial charge is 0.497 e. The van der Waals surface area contributed by atoms with Gasteiger partial charge in [0.05, 0.1) is 20.3 Å². The molecule has 0 aromatic heterocycles. The molecule has 3 aromatic rings. The molecule has 0 fully saturated rings. The van der Waals surface area contributed by atoms with Gasteiger partial charge in [0.1, 0.15) is 17.2 Å². The van der Waals surface area contributed by atoms with Crippen LogP contribution in [0.25, 0.3) is 0 Å². The summed E-state index contributed by atoms with van der Waals surface area (Å²) in [6.07, 6.45) is 1.33. The first kappa shape index (κ1) is 28.1. The van der Waals surface area contributed by atoms with Crippen molar-refractivity contribution in [3.8, 4) is 17.2 Å². The van der Waals surface area contributed by atoms with Crippen LogP contribution in [0, 0.1) is 5.92 Å². The smallest absolute Gasteiger partial charge is 0.220 e. The number of hydrogen-bond acceptors (Lipinski definition) is 4. The number of carbonyl (C=O) groups is 1. The van der Waals surface area contributed by atoms with Gasteiger partial charge in [0.15, 0.2) is 0 Å². The van der Waals surface area contributed by atoms with Gasteiger partial charge >= 0.3 is 0 Å². The van der Waals surface area contributed by atoms with Crippen LogP contribution in [0.4, 0.5) is 0 Å². The topological polar surface area (TPSA) is 56.8 Å². The molecule has 0 aliphatic rings. The molecule has 1 N–H and O–H groups in total. The molecule has 3 rings (SSSR count). The van der Waals surface area contributed by atoms with E-state index in [0.717, 1.165) is 40.4 Å². The molecule has 0 saturated heterocycles. The van der Waals surface area contributed by atoms with Crippen molar-refractivity contribution in [3.05, 3.63) is 89.5 Å². The molecule has 0 aliphatic heterocycles. The van der Waals surface area contributed by atoms with E-state index >= 15 is 0 Å². The van der Waals surface area contributed by atoms with E-state index in [4.69, 9.17) is 14.2 Å². The Morgan fingerprint density at radius 1 is 0.784 bits per heavy atom. The lowest BCUT2D eigenvalue weighted by atomic mass is 9.85. The Morgan fingerprint density at radius 2 is 1.41 bits per heavy atom. The summed E-state index contributed by atoms with van der Waals surface area (Å²) in [6, 6.07) is 24.4. The monoisotopic (exact) mass is 503 g/mol. The summed E-state index contributed by atoms with van der Waals surface area (Å²) in [4.78, 5) is 13.0. The fourth-order valence-corrected chi connectivity index (χ4v) is 4.72. The molecule has 0 bridgehead atoms. The van der Waals surface area contributed by atoms with E-state index in [2.05, 4.69) is 49.5 Å². The fraction of sp³-hybridized carbons (Fsp3) is 0.406. The van der Waals surface area contributed by atoms with Crippen LogP contribution in [0.1, 0.15) is 69.1 Å². The van der Waals surface area contributed by atoms with Crippen LogP contribution in [-0.2, 0) is 4.79 Å². The van der Waals surface area contributed by atoms with Crippen LogP contribution in [0.15, 0.2) is 72.8 Å². The molecule has 5 nitrogen and oxygen atoms in total. The number of amides is 1. The van der Waals surface area contributed by atoms with Crippen molar-refractivity contribution < 1.29 is 19.0 Å². The highest BCUT2D eigenvalue weighted by molar-refractivity contribution is 5.77. The summed E-state index contributed by atoms with van der Waals surface area (Å²) < 4.78 is 16.8. The highest BCUT2D eigenvalue weighted by Crippen LogP contribution is 2.35. The predicted octanol–water partition coefficient (Wildman–Crippen LogP) is 6.96. The zero-order valence-electron chi connectivity index (χ0n) is 23.0. The first-order valence-corrected chi connectivity index (χ1v) is 13.1. The highest BCUT2D eigenvalue weighted by Gasteiger charge is 2.22. The van der Waals surface area contributed by atoms with Gasteiger partial charge in [-0.3, -0.25) is 4.79 Å². The average molecular weight is 504 g/mol. The number of hydrogen-bond donors (Lipinski definition) is 1. The lowest BCUT2D eigenvalue weighted by Gasteiger charge is -2.23. The van der Waals surface area contributed by atoms with Gasteiger partial charge < -0.3 is 19.5 Å². The fourth-order valence-electron chi connectivity index (χ4n) is 4.72. The van der Waals surface area contributed by atoms with Crippen molar-refractivity contribution in [1.82, 2.24) is 5.32 Å². The van der Waals surface area contributed by atoms with Gasteiger partial charge in [0.2, 0.25) is 5.91 Å². The Hall–Kier alpha value is -3.47. The van der Waals surface area contributed by atoms with Gasteiger partial charge in [0, 0.05) is 24.4 Å². The van der Waals surface area contributed by atoms with E-state index in [1.54, 1.807) is 14.2 Å². The Bertz CT molecular complexity index is 1110. The van der Waals surface area contributed by atoms with Crippen molar-refractivity contribution in [3.63, 3.8) is 0 Å². The van der Waals surface area contributed by atoms with Crippen LogP contribution in [0.5, 0.6) is 17.2 Å². The van der Waals surface area contributed by atoms with Crippen molar-refractivity contribution in [2.24, 2.45) is 5.92 Å². The van der Waals surface area contributed by atoms with Gasteiger partial charge in [-0.25, -0.2) is 0 Å². The summed E-state index contributed by atoms with van der Waals surface area (Å²) in [7, 11) is 3.36. The molecular formula is C32H41NO4. The quantitative estimate of drug-likeness (QED) is 0.274. The summed E-state index contributed by atoms with van der Waals surface area (Å²) in [5.41, 5.74) is 3.42. The lowest BCUT2D eigenvalue weighted by Crippen LogP contribution is -2.28. The summed E-state index contributed by atoms with van der Waals surface area (Å²) in [5, 5.41) is 3.18. The molecule has 3 aromatic carbocycles. The maximum Gasteiger partial charge on any atom is 0.220 e. The Labute approximate surface area is 222 Å². The molecule has 198 valence electrons. The average Bonchev–Trinajstić information content (AvgIpc) is 2.90. The number of carbonyl (C=O) groups excluding carboxylic acids is 1. The number of para-hydroxylation sites is 1. The zero-order chi connectivity index (χ0) is 26.8. The first-order valence-electron chi connectivity index (χ1n) is 13.1. The maximum absolute atomic E-state index is 13.0. The summed E-state index contributed by atoms with van der Waals surface area (Å²) >= 11 is 0. The van der Waals surface area contributed by atoms with Gasteiger partial charge in [0.25, 0.3) is 0 Å². The SMILES string of the molecule is COc1ccc([C@@H](CC(=O)NCC[C@H](c2ccc(OC(C)C)cc2)c2ccccc2OC)C(C)C)cc1. The number of nitrogens with one attached hydrogen (secondary N) is 1. The second-order valence-electron chi connectivity index (χ2n) is 10.00. The summed E-state index contributed by atoms with van der Waals surface area (Å²) in [5.74, 6) is 3.14. The molecule has 0 heterocycles. The minimum Gasteiger partial charge on any atom is -0.497 e. The van der Waals surface area contributed by atoms with Crippen LogP contribution in [-0.4, -0.2) is 32.8 Å². The van der Waals surface area contributed by atoms with E-state index in [-0.39, 0.29) is 23.8 Å². The standard InChI is InChI=1S/C32H41NO4/c1-22(2)30(25-11-15-26(35-5)16-12-25)21-32(34)33-20-19-28(29-9-7-8-10-31(29)36-6)24-13-17-27(18-14-24)37-23(3)4/h7-18,22-23,28,30H,19-21H2,1-6H3,(H,33,34)/t28-,30+/m1/s1. The normalized spacial score (nSPS) is 12.8. The molecule has 2 atom stereocenters. The molecule has 1 amide bonds. The van der Waals surface area contributed by atoms with Crippen LogP contribution in [0.3, 0.4) is 0 Å². The minimum absolute atomic E-state index is 0.0639. The Balaban J connectivity index is 1.71. The molecular weight excluding hydrogens is 462 g/mol. The van der Waals surface area contributed by atoms with Crippen LogP contribution < -0.4 is 19.5 Å². The molecule has 0 aliphatic carbocycles. The minimum atomic E-state index is 0.0639. The Kier molecular flexibility index (Phi) is 10.4. The molecule has 0 radical (unpaired) electrons. The lowest BCUT2D eigenvalue weighted by molar-refractivity contribution is -0.121.